The number of carbonyl (C=O) groups excluding carboxylic acids is 1. The van der Waals surface area contributed by atoms with E-state index < -0.39 is 0 Å². The molecule has 1 heterocycles. The van der Waals surface area contributed by atoms with Gasteiger partial charge in [-0.1, -0.05) is 30.3 Å². The van der Waals surface area contributed by atoms with E-state index >= 15 is 0 Å². The minimum atomic E-state index is -0.0869. The highest BCUT2D eigenvalue weighted by Gasteiger charge is 2.34. The Morgan fingerprint density at radius 3 is 2.68 bits per heavy atom. The summed E-state index contributed by atoms with van der Waals surface area (Å²) in [6, 6.07) is 10.3. The van der Waals surface area contributed by atoms with Crippen LogP contribution in [-0.4, -0.2) is 44.0 Å². The molecular weight excluding hydrogens is 280 g/mol. The summed E-state index contributed by atoms with van der Waals surface area (Å²) in [5.74, 6) is 0. The van der Waals surface area contributed by atoms with Crippen molar-refractivity contribution in [1.29, 1.82) is 0 Å². The highest BCUT2D eigenvalue weighted by Crippen LogP contribution is 2.26. The molecule has 1 saturated carbocycles. The lowest BCUT2D eigenvalue weighted by molar-refractivity contribution is -0.157. The third-order valence-electron chi connectivity index (χ3n) is 4.36. The molecule has 1 aliphatic carbocycles. The fourth-order valence-electron chi connectivity index (χ4n) is 3.20. The fraction of sp³-hybridized carbons (Fsp3) is 0.588. The van der Waals surface area contributed by atoms with Gasteiger partial charge in [0.1, 0.15) is 0 Å². The lowest BCUT2D eigenvalue weighted by Gasteiger charge is -2.39. The summed E-state index contributed by atoms with van der Waals surface area (Å²) in [4.78, 5) is 12.0. The van der Waals surface area contributed by atoms with Gasteiger partial charge >= 0.3 is 6.03 Å². The molecule has 2 fully saturated rings. The third kappa shape index (κ3) is 4.21. The van der Waals surface area contributed by atoms with Crippen molar-refractivity contribution >= 4 is 6.03 Å². The number of fused-ring (bicyclic) bond motifs is 1. The van der Waals surface area contributed by atoms with Gasteiger partial charge in [-0.05, 0) is 31.2 Å². The van der Waals surface area contributed by atoms with E-state index in [4.69, 9.17) is 9.47 Å². The predicted octanol–water partition coefficient (Wildman–Crippen LogP) is 1.86. The molecule has 2 amide bonds. The van der Waals surface area contributed by atoms with E-state index in [1.54, 1.807) is 0 Å². The van der Waals surface area contributed by atoms with Gasteiger partial charge < -0.3 is 20.1 Å². The Hall–Kier alpha value is -1.59. The van der Waals surface area contributed by atoms with Crippen molar-refractivity contribution in [2.24, 2.45) is 0 Å². The first-order valence-corrected chi connectivity index (χ1v) is 8.13. The topological polar surface area (TPSA) is 59.6 Å². The molecule has 1 saturated heterocycles. The number of amides is 2. The Morgan fingerprint density at radius 2 is 1.86 bits per heavy atom. The smallest absolute Gasteiger partial charge is 0.315 e. The maximum absolute atomic E-state index is 12.0. The number of rotatable bonds is 4. The Kier molecular flexibility index (Phi) is 5.29. The van der Waals surface area contributed by atoms with Gasteiger partial charge in [0.2, 0.25) is 0 Å². The van der Waals surface area contributed by atoms with Gasteiger partial charge in [-0.2, -0.15) is 0 Å². The standard InChI is InChI=1S/C17H24N2O3/c20-17(18-9-8-13-4-2-1-3-5-13)19-14-6-7-15-16(12-14)22-11-10-21-15/h1-5,14-16H,6-12H2,(H2,18,19,20)/t14-,15+,16+/m1/s1. The van der Waals surface area contributed by atoms with E-state index in [2.05, 4.69) is 22.8 Å². The second kappa shape index (κ2) is 7.61. The van der Waals surface area contributed by atoms with Crippen LogP contribution in [0.2, 0.25) is 0 Å². The van der Waals surface area contributed by atoms with E-state index in [1.807, 2.05) is 18.2 Å². The summed E-state index contributed by atoms with van der Waals surface area (Å²) in [5.41, 5.74) is 1.23. The molecule has 5 heteroatoms. The lowest BCUT2D eigenvalue weighted by Crippen LogP contribution is -2.51. The average Bonchev–Trinajstić information content (AvgIpc) is 2.56. The number of carbonyl (C=O) groups is 1. The summed E-state index contributed by atoms with van der Waals surface area (Å²) in [6.07, 6.45) is 3.96. The van der Waals surface area contributed by atoms with E-state index in [1.165, 1.54) is 5.56 Å². The number of hydrogen-bond donors (Lipinski definition) is 2. The maximum atomic E-state index is 12.0. The molecule has 0 aromatic heterocycles. The molecule has 0 unspecified atom stereocenters. The minimum Gasteiger partial charge on any atom is -0.373 e. The Morgan fingerprint density at radius 1 is 1.09 bits per heavy atom. The molecule has 5 nitrogen and oxygen atoms in total. The minimum absolute atomic E-state index is 0.0869. The number of nitrogens with one attached hydrogen (secondary N) is 2. The van der Waals surface area contributed by atoms with Gasteiger partial charge in [0.05, 0.1) is 25.4 Å². The molecule has 2 N–H and O–H groups in total. The molecule has 0 spiro atoms. The van der Waals surface area contributed by atoms with Crippen LogP contribution < -0.4 is 10.6 Å². The van der Waals surface area contributed by atoms with Crippen molar-refractivity contribution < 1.29 is 14.3 Å². The van der Waals surface area contributed by atoms with Crippen molar-refractivity contribution in [3.8, 4) is 0 Å². The van der Waals surface area contributed by atoms with Crippen molar-refractivity contribution in [1.82, 2.24) is 10.6 Å². The van der Waals surface area contributed by atoms with Gasteiger partial charge in [0, 0.05) is 12.6 Å². The maximum Gasteiger partial charge on any atom is 0.315 e. The second-order valence-corrected chi connectivity index (χ2v) is 5.96. The molecule has 1 aliphatic heterocycles. The van der Waals surface area contributed by atoms with Crippen LogP contribution in [0.5, 0.6) is 0 Å². The largest absolute Gasteiger partial charge is 0.373 e. The molecular formula is C17H24N2O3. The zero-order valence-corrected chi connectivity index (χ0v) is 12.8. The van der Waals surface area contributed by atoms with Crippen LogP contribution in [0.3, 0.4) is 0 Å². The van der Waals surface area contributed by atoms with Crippen LogP contribution in [0.4, 0.5) is 4.79 Å². The van der Waals surface area contributed by atoms with Gasteiger partial charge in [0.15, 0.2) is 0 Å². The highest BCUT2D eigenvalue weighted by molar-refractivity contribution is 5.74. The Balaban J connectivity index is 1.37. The van der Waals surface area contributed by atoms with Gasteiger partial charge in [-0.3, -0.25) is 0 Å². The summed E-state index contributed by atoms with van der Waals surface area (Å²) in [6.45, 7) is 2.00. The predicted molar refractivity (Wildman–Crippen MR) is 83.8 cm³/mol. The van der Waals surface area contributed by atoms with Gasteiger partial charge in [-0.25, -0.2) is 4.79 Å². The lowest BCUT2D eigenvalue weighted by atomic mass is 9.90. The molecule has 120 valence electrons. The monoisotopic (exact) mass is 304 g/mol. The summed E-state index contributed by atoms with van der Waals surface area (Å²) in [5, 5.41) is 5.98. The van der Waals surface area contributed by atoms with E-state index in [0.29, 0.717) is 19.8 Å². The molecule has 2 aliphatic rings. The average molecular weight is 304 g/mol. The van der Waals surface area contributed by atoms with Crippen LogP contribution in [0.1, 0.15) is 24.8 Å². The fourth-order valence-corrected chi connectivity index (χ4v) is 3.20. The number of hydrogen-bond acceptors (Lipinski definition) is 3. The summed E-state index contributed by atoms with van der Waals surface area (Å²) >= 11 is 0. The van der Waals surface area contributed by atoms with Crippen molar-refractivity contribution in [2.75, 3.05) is 19.8 Å². The van der Waals surface area contributed by atoms with Crippen LogP contribution in [-0.2, 0) is 15.9 Å². The van der Waals surface area contributed by atoms with Crippen molar-refractivity contribution in [2.45, 2.75) is 43.9 Å². The SMILES string of the molecule is O=C(NCCc1ccccc1)N[C@@H]1CC[C@@H]2OCCO[C@H]2C1. The first-order chi connectivity index (χ1) is 10.8. The zero-order valence-electron chi connectivity index (χ0n) is 12.8. The van der Waals surface area contributed by atoms with Crippen LogP contribution in [0.25, 0.3) is 0 Å². The Bertz CT molecular complexity index is 480. The molecule has 3 rings (SSSR count). The highest BCUT2D eigenvalue weighted by atomic mass is 16.6. The molecule has 22 heavy (non-hydrogen) atoms. The zero-order chi connectivity index (χ0) is 15.2. The summed E-state index contributed by atoms with van der Waals surface area (Å²) in [7, 11) is 0. The third-order valence-corrected chi connectivity index (χ3v) is 4.36. The van der Waals surface area contributed by atoms with Gasteiger partial charge in [0.25, 0.3) is 0 Å². The van der Waals surface area contributed by atoms with Crippen LogP contribution in [0.15, 0.2) is 30.3 Å². The molecule has 3 atom stereocenters. The number of ether oxygens (including phenoxy) is 2. The number of urea groups is 1. The Labute approximate surface area is 131 Å². The normalized spacial score (nSPS) is 27.7. The van der Waals surface area contributed by atoms with Crippen molar-refractivity contribution in [3.63, 3.8) is 0 Å². The van der Waals surface area contributed by atoms with Crippen molar-refractivity contribution in [3.05, 3.63) is 35.9 Å². The first-order valence-electron chi connectivity index (χ1n) is 8.13. The van der Waals surface area contributed by atoms with Crippen LogP contribution in [0, 0.1) is 0 Å². The van der Waals surface area contributed by atoms with Gasteiger partial charge in [-0.15, -0.1) is 0 Å². The molecule has 0 radical (unpaired) electrons. The first kappa shape index (κ1) is 15.3. The summed E-state index contributed by atoms with van der Waals surface area (Å²) < 4.78 is 11.4. The second-order valence-electron chi connectivity index (χ2n) is 5.96. The molecule has 0 bridgehead atoms. The van der Waals surface area contributed by atoms with E-state index in [9.17, 15) is 4.79 Å². The molecule has 1 aromatic rings. The van der Waals surface area contributed by atoms with E-state index in [0.717, 1.165) is 25.7 Å². The quantitative estimate of drug-likeness (QED) is 0.893. The number of benzene rings is 1. The molecule has 1 aromatic carbocycles. The van der Waals surface area contributed by atoms with Crippen LogP contribution >= 0.6 is 0 Å². The van der Waals surface area contributed by atoms with E-state index in [-0.39, 0.29) is 24.3 Å².